The normalized spacial score (nSPS) is 13.2. The number of piperidine rings is 1. The molecule has 1 aromatic heterocycles. The number of likely N-dealkylation sites (tertiary alicyclic amines) is 1. The fraction of sp³-hybridized carbons (Fsp3) is 0.212. The van der Waals surface area contributed by atoms with Crippen LogP contribution < -0.4 is 24.8 Å². The number of ether oxygens (including phenoxy) is 3. The number of hydrogen-bond acceptors (Lipinski definition) is 8. The molecule has 1 aliphatic heterocycles. The summed E-state index contributed by atoms with van der Waals surface area (Å²) in [4.78, 5) is 34.5. The van der Waals surface area contributed by atoms with Gasteiger partial charge in [-0.1, -0.05) is 31.4 Å². The van der Waals surface area contributed by atoms with Crippen LogP contribution in [0.15, 0.2) is 86.2 Å². The Balaban J connectivity index is 1.44. The number of anilines is 3. The topological polar surface area (TPSA) is 115 Å². The van der Waals surface area contributed by atoms with Gasteiger partial charge in [-0.05, 0) is 53.6 Å². The van der Waals surface area contributed by atoms with Gasteiger partial charge in [-0.3, -0.25) is 9.59 Å². The average molecular weight is 580 g/mol. The van der Waals surface area contributed by atoms with Crippen molar-refractivity contribution in [2.45, 2.75) is 18.9 Å². The molecule has 10 nitrogen and oxygen atoms in total. The summed E-state index contributed by atoms with van der Waals surface area (Å²) >= 11 is 0. The van der Waals surface area contributed by atoms with E-state index in [0.29, 0.717) is 65.9 Å². The van der Waals surface area contributed by atoms with Gasteiger partial charge in [0.1, 0.15) is 24.0 Å². The van der Waals surface area contributed by atoms with Gasteiger partial charge in [0.2, 0.25) is 11.8 Å². The second kappa shape index (κ2) is 13.1. The Morgan fingerprint density at radius 3 is 2.40 bits per heavy atom. The molecule has 0 spiro atoms. The Morgan fingerprint density at radius 2 is 1.67 bits per heavy atom. The van der Waals surface area contributed by atoms with Crippen LogP contribution in [-0.4, -0.2) is 60.1 Å². The molecule has 43 heavy (non-hydrogen) atoms. The number of benzene rings is 3. The van der Waals surface area contributed by atoms with Gasteiger partial charge in [-0.15, -0.1) is 0 Å². The van der Waals surface area contributed by atoms with Crippen LogP contribution in [0.25, 0.3) is 22.0 Å². The van der Waals surface area contributed by atoms with E-state index in [1.807, 2.05) is 54.6 Å². The van der Waals surface area contributed by atoms with E-state index in [2.05, 4.69) is 33.8 Å². The molecule has 1 fully saturated rings. The lowest BCUT2D eigenvalue weighted by Gasteiger charge is -2.31. The van der Waals surface area contributed by atoms with Gasteiger partial charge in [0.25, 0.3) is 0 Å². The second-order valence-corrected chi connectivity index (χ2v) is 9.90. The molecule has 10 heteroatoms. The van der Waals surface area contributed by atoms with Crippen molar-refractivity contribution in [2.24, 2.45) is 0 Å². The Labute approximate surface area is 250 Å². The number of rotatable bonds is 10. The van der Waals surface area contributed by atoms with Gasteiger partial charge < -0.3 is 29.7 Å². The number of aromatic nitrogens is 2. The van der Waals surface area contributed by atoms with E-state index < -0.39 is 0 Å². The van der Waals surface area contributed by atoms with Crippen molar-refractivity contribution in [3.8, 4) is 28.4 Å². The lowest BCUT2D eigenvalue weighted by atomic mass is 10.0. The van der Waals surface area contributed by atoms with Crippen LogP contribution in [0.4, 0.5) is 17.2 Å². The average Bonchev–Trinajstić information content (AvgIpc) is 3.04. The summed E-state index contributed by atoms with van der Waals surface area (Å²) in [6.07, 6.45) is 5.37. The molecule has 4 aromatic rings. The number of nitrogens with one attached hydrogen (secondary N) is 2. The van der Waals surface area contributed by atoms with Crippen molar-refractivity contribution in [3.63, 3.8) is 0 Å². The first kappa shape index (κ1) is 29.1. The summed E-state index contributed by atoms with van der Waals surface area (Å²) < 4.78 is 17.7. The zero-order chi connectivity index (χ0) is 30.3. The van der Waals surface area contributed by atoms with E-state index in [9.17, 15) is 9.59 Å². The number of amides is 2. The summed E-state index contributed by atoms with van der Waals surface area (Å²) in [6, 6.07) is 17.0. The van der Waals surface area contributed by atoms with E-state index in [0.717, 1.165) is 16.5 Å². The highest BCUT2D eigenvalue weighted by atomic mass is 16.5. The third-order valence-electron chi connectivity index (χ3n) is 7.24. The van der Waals surface area contributed by atoms with Crippen molar-refractivity contribution >= 4 is 39.9 Å². The molecule has 0 bridgehead atoms. The number of methoxy groups -OCH3 is 2. The molecular weight excluding hydrogens is 546 g/mol. The number of nitrogens with zero attached hydrogens (tertiary/aromatic N) is 3. The maximum atomic E-state index is 12.0. The highest BCUT2D eigenvalue weighted by Gasteiger charge is 2.24. The number of carbonyl (C=O) groups excluding carboxylic acids is 2. The van der Waals surface area contributed by atoms with Gasteiger partial charge in [0, 0.05) is 43.1 Å². The largest absolute Gasteiger partial charge is 0.495 e. The SMILES string of the molecule is C=CC(=O)Nc1cccc(-c2ccc(OC)c(Nc3ncnc4cc(OC)c(OC5CCN(C(=O)C=C)CC5)cc34)c2)c1. The Bertz CT molecular complexity index is 1680. The Hall–Kier alpha value is -5.38. The summed E-state index contributed by atoms with van der Waals surface area (Å²) in [7, 11) is 3.20. The second-order valence-electron chi connectivity index (χ2n) is 9.90. The molecule has 1 saturated heterocycles. The van der Waals surface area contributed by atoms with Crippen molar-refractivity contribution in [1.82, 2.24) is 14.9 Å². The predicted molar refractivity (Wildman–Crippen MR) is 167 cm³/mol. The molecule has 0 atom stereocenters. The molecule has 1 aliphatic rings. The number of fused-ring (bicyclic) bond motifs is 1. The minimum absolute atomic E-state index is 0.0683. The van der Waals surface area contributed by atoms with Crippen LogP contribution in [0, 0.1) is 0 Å². The summed E-state index contributed by atoms with van der Waals surface area (Å²) in [5, 5.41) is 6.95. The van der Waals surface area contributed by atoms with Gasteiger partial charge in [-0.2, -0.15) is 0 Å². The van der Waals surface area contributed by atoms with E-state index >= 15 is 0 Å². The molecule has 0 radical (unpaired) electrons. The molecular formula is C33H33N5O5. The highest BCUT2D eigenvalue weighted by molar-refractivity contribution is 5.99. The molecule has 0 saturated carbocycles. The first-order chi connectivity index (χ1) is 20.9. The molecule has 2 N–H and O–H groups in total. The van der Waals surface area contributed by atoms with E-state index in [1.165, 1.54) is 18.5 Å². The third-order valence-corrected chi connectivity index (χ3v) is 7.24. The quantitative estimate of drug-likeness (QED) is 0.229. The van der Waals surface area contributed by atoms with Crippen molar-refractivity contribution in [2.75, 3.05) is 37.9 Å². The molecule has 2 amide bonds. The minimum atomic E-state index is -0.280. The minimum Gasteiger partial charge on any atom is -0.495 e. The monoisotopic (exact) mass is 579 g/mol. The molecule has 0 unspecified atom stereocenters. The fourth-order valence-corrected chi connectivity index (χ4v) is 5.00. The molecule has 3 aromatic carbocycles. The maximum absolute atomic E-state index is 12.0. The molecule has 0 aliphatic carbocycles. The first-order valence-corrected chi connectivity index (χ1v) is 13.8. The van der Waals surface area contributed by atoms with Crippen LogP contribution >= 0.6 is 0 Å². The zero-order valence-corrected chi connectivity index (χ0v) is 24.1. The third kappa shape index (κ3) is 6.59. The van der Waals surface area contributed by atoms with Gasteiger partial charge in [-0.25, -0.2) is 9.97 Å². The Morgan fingerprint density at radius 1 is 0.907 bits per heavy atom. The van der Waals surface area contributed by atoms with Gasteiger partial charge >= 0.3 is 0 Å². The zero-order valence-electron chi connectivity index (χ0n) is 24.1. The Kier molecular flexibility index (Phi) is 8.85. The summed E-state index contributed by atoms with van der Waals surface area (Å²) in [6.45, 7) is 8.28. The fourth-order valence-electron chi connectivity index (χ4n) is 5.00. The van der Waals surface area contributed by atoms with Crippen molar-refractivity contribution in [1.29, 1.82) is 0 Å². The van der Waals surface area contributed by atoms with Crippen LogP contribution in [0.1, 0.15) is 12.8 Å². The van der Waals surface area contributed by atoms with Crippen molar-refractivity contribution < 1.29 is 23.8 Å². The number of carbonyl (C=O) groups is 2. The highest BCUT2D eigenvalue weighted by Crippen LogP contribution is 2.38. The lowest BCUT2D eigenvalue weighted by Crippen LogP contribution is -2.41. The van der Waals surface area contributed by atoms with E-state index in [4.69, 9.17) is 14.2 Å². The smallest absolute Gasteiger partial charge is 0.247 e. The standard InChI is InChI=1S/C33H33N5O5/c1-5-31(39)36-23-9-7-8-21(16-23)22-10-11-28(41-3)27(17-22)37-33-25-18-30(29(42-4)19-26(25)34-20-35-33)43-24-12-14-38(15-13-24)32(40)6-2/h5-11,16-20,24H,1-2,12-15H2,3-4H3,(H,36,39)(H,34,35,37). The van der Waals surface area contributed by atoms with E-state index in [-0.39, 0.29) is 17.9 Å². The van der Waals surface area contributed by atoms with Gasteiger partial charge in [0.05, 0.1) is 25.4 Å². The van der Waals surface area contributed by atoms with Crippen molar-refractivity contribution in [3.05, 3.63) is 86.2 Å². The number of hydrogen-bond donors (Lipinski definition) is 2. The van der Waals surface area contributed by atoms with Crippen LogP contribution in [0.5, 0.6) is 17.2 Å². The van der Waals surface area contributed by atoms with Crippen LogP contribution in [0.3, 0.4) is 0 Å². The first-order valence-electron chi connectivity index (χ1n) is 13.8. The lowest BCUT2D eigenvalue weighted by molar-refractivity contribution is -0.127. The van der Waals surface area contributed by atoms with E-state index in [1.54, 1.807) is 19.1 Å². The van der Waals surface area contributed by atoms with Gasteiger partial charge in [0.15, 0.2) is 11.5 Å². The molecule has 5 rings (SSSR count). The molecule has 220 valence electrons. The maximum Gasteiger partial charge on any atom is 0.247 e. The van der Waals surface area contributed by atoms with Crippen LogP contribution in [-0.2, 0) is 9.59 Å². The summed E-state index contributed by atoms with van der Waals surface area (Å²) in [5.41, 5.74) is 3.84. The summed E-state index contributed by atoms with van der Waals surface area (Å²) in [5.74, 6) is 1.97. The molecule has 2 heterocycles. The van der Waals surface area contributed by atoms with Crippen LogP contribution in [0.2, 0.25) is 0 Å². The predicted octanol–water partition coefficient (Wildman–Crippen LogP) is 5.74.